The molecule has 24 heavy (non-hydrogen) atoms. The third kappa shape index (κ3) is 3.49. The lowest BCUT2D eigenvalue weighted by Crippen LogP contribution is -2.28. The lowest BCUT2D eigenvalue weighted by atomic mass is 10.1. The normalized spacial score (nSPS) is 11.9. The van der Waals surface area contributed by atoms with Crippen LogP contribution in [0.4, 0.5) is 4.39 Å². The van der Waals surface area contributed by atoms with E-state index < -0.39 is 11.9 Å². The summed E-state index contributed by atoms with van der Waals surface area (Å²) in [6.45, 7) is -0.0870. The van der Waals surface area contributed by atoms with Crippen molar-refractivity contribution in [1.82, 2.24) is 15.1 Å². The first kappa shape index (κ1) is 15.9. The molecule has 0 spiro atoms. The highest BCUT2D eigenvalue weighted by Gasteiger charge is 2.15. The van der Waals surface area contributed by atoms with Gasteiger partial charge in [0.05, 0.1) is 23.6 Å². The Morgan fingerprint density at radius 2 is 1.88 bits per heavy atom. The molecule has 1 atom stereocenters. The maximum Gasteiger partial charge on any atom is 0.254 e. The summed E-state index contributed by atoms with van der Waals surface area (Å²) in [4.78, 5) is 12.1. The molecular weight excluding hydrogens is 309 g/mol. The van der Waals surface area contributed by atoms with Gasteiger partial charge in [0.2, 0.25) is 0 Å². The van der Waals surface area contributed by atoms with Gasteiger partial charge in [-0.3, -0.25) is 4.79 Å². The SMILES string of the molecule is O=C(NCC(O)c1ccccc1F)c1cnn(-c2ccccc2)c1. The number of nitrogens with one attached hydrogen (secondary N) is 1. The molecule has 1 unspecified atom stereocenters. The van der Waals surface area contributed by atoms with Crippen LogP contribution in [-0.4, -0.2) is 27.3 Å². The highest BCUT2D eigenvalue weighted by Crippen LogP contribution is 2.16. The molecule has 0 fully saturated rings. The number of aliphatic hydroxyl groups excluding tert-OH is 1. The van der Waals surface area contributed by atoms with Crippen molar-refractivity contribution in [3.8, 4) is 5.69 Å². The van der Waals surface area contributed by atoms with Crippen LogP contribution in [0.5, 0.6) is 0 Å². The molecule has 0 bridgehead atoms. The van der Waals surface area contributed by atoms with E-state index in [1.165, 1.54) is 18.3 Å². The Morgan fingerprint density at radius 3 is 2.62 bits per heavy atom. The average Bonchev–Trinajstić information content (AvgIpc) is 3.11. The number of hydrogen-bond acceptors (Lipinski definition) is 3. The molecule has 122 valence electrons. The Morgan fingerprint density at radius 1 is 1.17 bits per heavy atom. The minimum Gasteiger partial charge on any atom is -0.386 e. The second-order valence-electron chi connectivity index (χ2n) is 5.26. The Labute approximate surface area is 138 Å². The van der Waals surface area contributed by atoms with Gasteiger partial charge < -0.3 is 10.4 Å². The lowest BCUT2D eigenvalue weighted by molar-refractivity contribution is 0.0914. The van der Waals surface area contributed by atoms with E-state index in [0.29, 0.717) is 5.56 Å². The quantitative estimate of drug-likeness (QED) is 0.757. The summed E-state index contributed by atoms with van der Waals surface area (Å²) >= 11 is 0. The smallest absolute Gasteiger partial charge is 0.254 e. The van der Waals surface area contributed by atoms with Crippen LogP contribution in [0.1, 0.15) is 22.0 Å². The van der Waals surface area contributed by atoms with Crippen LogP contribution < -0.4 is 5.32 Å². The predicted molar refractivity (Wildman–Crippen MR) is 87.3 cm³/mol. The number of hydrogen-bond donors (Lipinski definition) is 2. The summed E-state index contributed by atoms with van der Waals surface area (Å²) in [7, 11) is 0. The standard InChI is InChI=1S/C18H16FN3O2/c19-16-9-5-4-8-15(16)17(23)11-20-18(24)13-10-21-22(12-13)14-6-2-1-3-7-14/h1-10,12,17,23H,11H2,(H,20,24). The van der Waals surface area contributed by atoms with Gasteiger partial charge in [-0.2, -0.15) is 5.10 Å². The Balaban J connectivity index is 1.64. The number of benzene rings is 2. The van der Waals surface area contributed by atoms with Gasteiger partial charge in [0.25, 0.3) is 5.91 Å². The fourth-order valence-corrected chi connectivity index (χ4v) is 2.31. The van der Waals surface area contributed by atoms with E-state index in [1.54, 1.807) is 23.0 Å². The molecule has 0 aliphatic carbocycles. The maximum atomic E-state index is 13.6. The van der Waals surface area contributed by atoms with E-state index in [0.717, 1.165) is 5.69 Å². The molecule has 1 amide bonds. The second kappa shape index (κ2) is 7.06. The van der Waals surface area contributed by atoms with E-state index in [1.807, 2.05) is 30.3 Å². The Hall–Kier alpha value is -2.99. The van der Waals surface area contributed by atoms with Crippen molar-refractivity contribution >= 4 is 5.91 Å². The van der Waals surface area contributed by atoms with Crippen molar-refractivity contribution < 1.29 is 14.3 Å². The second-order valence-corrected chi connectivity index (χ2v) is 5.26. The van der Waals surface area contributed by atoms with E-state index in [4.69, 9.17) is 0 Å². The van der Waals surface area contributed by atoms with Crippen molar-refractivity contribution in [3.63, 3.8) is 0 Å². The zero-order valence-electron chi connectivity index (χ0n) is 12.8. The Bertz CT molecular complexity index is 833. The van der Waals surface area contributed by atoms with E-state index >= 15 is 0 Å². The van der Waals surface area contributed by atoms with Gasteiger partial charge in [-0.15, -0.1) is 0 Å². The summed E-state index contributed by atoms with van der Waals surface area (Å²) in [6.07, 6.45) is 1.93. The predicted octanol–water partition coefficient (Wildman–Crippen LogP) is 2.47. The van der Waals surface area contributed by atoms with Gasteiger partial charge in [-0.25, -0.2) is 9.07 Å². The summed E-state index contributed by atoms with van der Waals surface area (Å²) in [5.74, 6) is -0.885. The number of para-hydroxylation sites is 1. The van der Waals surface area contributed by atoms with Crippen molar-refractivity contribution in [3.05, 3.63) is 83.9 Å². The van der Waals surface area contributed by atoms with Crippen LogP contribution in [-0.2, 0) is 0 Å². The molecule has 6 heteroatoms. The number of aliphatic hydroxyl groups is 1. The number of rotatable bonds is 5. The largest absolute Gasteiger partial charge is 0.386 e. The summed E-state index contributed by atoms with van der Waals surface area (Å²) in [5, 5.41) is 16.7. The van der Waals surface area contributed by atoms with Crippen LogP contribution in [0.25, 0.3) is 5.69 Å². The van der Waals surface area contributed by atoms with Gasteiger partial charge in [0.1, 0.15) is 5.82 Å². The van der Waals surface area contributed by atoms with Gasteiger partial charge in [0, 0.05) is 18.3 Å². The molecule has 0 saturated carbocycles. The van der Waals surface area contributed by atoms with Crippen LogP contribution in [0, 0.1) is 5.82 Å². The van der Waals surface area contributed by atoms with Crippen LogP contribution in [0.2, 0.25) is 0 Å². The van der Waals surface area contributed by atoms with Crippen LogP contribution in [0.3, 0.4) is 0 Å². The molecule has 0 aliphatic heterocycles. The van der Waals surface area contributed by atoms with E-state index in [2.05, 4.69) is 10.4 Å². The van der Waals surface area contributed by atoms with Gasteiger partial charge in [0.15, 0.2) is 0 Å². The summed E-state index contributed by atoms with van der Waals surface area (Å²) in [5.41, 5.74) is 1.35. The molecule has 1 aromatic heterocycles. The topological polar surface area (TPSA) is 67.2 Å². The molecule has 1 heterocycles. The zero-order valence-corrected chi connectivity index (χ0v) is 12.8. The van der Waals surface area contributed by atoms with Gasteiger partial charge in [-0.05, 0) is 18.2 Å². The fourth-order valence-electron chi connectivity index (χ4n) is 2.31. The molecular formula is C18H16FN3O2. The van der Waals surface area contributed by atoms with Gasteiger partial charge in [-0.1, -0.05) is 36.4 Å². The van der Waals surface area contributed by atoms with Gasteiger partial charge >= 0.3 is 0 Å². The molecule has 0 aliphatic rings. The number of carbonyl (C=O) groups excluding carboxylic acids is 1. The summed E-state index contributed by atoms with van der Waals surface area (Å²) < 4.78 is 15.2. The highest BCUT2D eigenvalue weighted by molar-refractivity contribution is 5.93. The van der Waals surface area contributed by atoms with Crippen molar-refractivity contribution in [2.24, 2.45) is 0 Å². The minimum absolute atomic E-state index is 0.0870. The maximum absolute atomic E-state index is 13.6. The van der Waals surface area contributed by atoms with Crippen molar-refractivity contribution in [2.75, 3.05) is 6.54 Å². The number of halogens is 1. The fraction of sp³-hybridized carbons (Fsp3) is 0.111. The lowest BCUT2D eigenvalue weighted by Gasteiger charge is -2.12. The number of nitrogens with zero attached hydrogens (tertiary/aromatic N) is 2. The molecule has 2 aromatic carbocycles. The van der Waals surface area contributed by atoms with Crippen LogP contribution >= 0.6 is 0 Å². The summed E-state index contributed by atoms with van der Waals surface area (Å²) in [6, 6.07) is 15.3. The molecule has 2 N–H and O–H groups in total. The Kier molecular flexibility index (Phi) is 4.67. The van der Waals surface area contributed by atoms with E-state index in [9.17, 15) is 14.3 Å². The molecule has 0 radical (unpaired) electrons. The zero-order chi connectivity index (χ0) is 16.9. The minimum atomic E-state index is -1.11. The van der Waals surface area contributed by atoms with Crippen LogP contribution in [0.15, 0.2) is 67.0 Å². The third-order valence-corrected chi connectivity index (χ3v) is 3.59. The highest BCUT2D eigenvalue weighted by atomic mass is 19.1. The van der Waals surface area contributed by atoms with Crippen molar-refractivity contribution in [1.29, 1.82) is 0 Å². The average molecular weight is 325 g/mol. The monoisotopic (exact) mass is 325 g/mol. The third-order valence-electron chi connectivity index (χ3n) is 3.59. The molecule has 5 nitrogen and oxygen atoms in total. The van der Waals surface area contributed by atoms with E-state index in [-0.39, 0.29) is 18.0 Å². The first-order valence-electron chi connectivity index (χ1n) is 7.46. The first-order valence-corrected chi connectivity index (χ1v) is 7.46. The number of aromatic nitrogens is 2. The van der Waals surface area contributed by atoms with Crippen molar-refractivity contribution in [2.45, 2.75) is 6.10 Å². The molecule has 3 aromatic rings. The number of carbonyl (C=O) groups is 1. The molecule has 3 rings (SSSR count). The first-order chi connectivity index (χ1) is 11.6. The molecule has 0 saturated heterocycles. The number of amides is 1.